The summed E-state index contributed by atoms with van der Waals surface area (Å²) in [7, 11) is 3.61. The SMILES string of the molecule is CNCc1cccc(OC)c1OCCCc1ccccc1. The number of hydrogen-bond donors (Lipinski definition) is 1. The number of methoxy groups -OCH3 is 1. The summed E-state index contributed by atoms with van der Waals surface area (Å²) in [6.07, 6.45) is 2.01. The fraction of sp³-hybridized carbons (Fsp3) is 0.333. The smallest absolute Gasteiger partial charge is 0.165 e. The molecule has 0 aliphatic heterocycles. The Bertz CT molecular complexity index is 540. The zero-order valence-corrected chi connectivity index (χ0v) is 12.8. The van der Waals surface area contributed by atoms with Crippen molar-refractivity contribution in [1.82, 2.24) is 5.32 Å². The van der Waals surface area contributed by atoms with E-state index in [2.05, 4.69) is 35.6 Å². The Labute approximate surface area is 126 Å². The second-order valence-corrected chi connectivity index (χ2v) is 4.92. The molecular formula is C18H23NO2. The molecule has 2 rings (SSSR count). The predicted molar refractivity (Wildman–Crippen MR) is 86.0 cm³/mol. The van der Waals surface area contributed by atoms with E-state index >= 15 is 0 Å². The normalized spacial score (nSPS) is 10.4. The Balaban J connectivity index is 1.92. The Morgan fingerprint density at radius 1 is 1.00 bits per heavy atom. The van der Waals surface area contributed by atoms with Crippen LogP contribution in [-0.2, 0) is 13.0 Å². The van der Waals surface area contributed by atoms with E-state index in [0.717, 1.165) is 36.4 Å². The molecule has 0 saturated heterocycles. The highest BCUT2D eigenvalue weighted by Crippen LogP contribution is 2.31. The second-order valence-electron chi connectivity index (χ2n) is 4.92. The highest BCUT2D eigenvalue weighted by molar-refractivity contribution is 5.46. The summed E-state index contributed by atoms with van der Waals surface area (Å²) in [4.78, 5) is 0. The lowest BCUT2D eigenvalue weighted by atomic mass is 10.1. The second kappa shape index (κ2) is 8.32. The highest BCUT2D eigenvalue weighted by Gasteiger charge is 2.09. The van der Waals surface area contributed by atoms with Crippen LogP contribution in [0.4, 0.5) is 0 Å². The van der Waals surface area contributed by atoms with Crippen LogP contribution in [0.5, 0.6) is 11.5 Å². The molecule has 0 spiro atoms. The first-order valence-electron chi connectivity index (χ1n) is 7.32. The quantitative estimate of drug-likeness (QED) is 0.754. The molecule has 0 aliphatic carbocycles. The van der Waals surface area contributed by atoms with Crippen LogP contribution in [0.25, 0.3) is 0 Å². The van der Waals surface area contributed by atoms with Gasteiger partial charge in [-0.2, -0.15) is 0 Å². The minimum absolute atomic E-state index is 0.686. The lowest BCUT2D eigenvalue weighted by Gasteiger charge is -2.15. The first-order chi connectivity index (χ1) is 10.3. The molecule has 0 fully saturated rings. The van der Waals surface area contributed by atoms with Gasteiger partial charge in [0.05, 0.1) is 13.7 Å². The molecule has 2 aromatic carbocycles. The number of benzene rings is 2. The molecule has 0 unspecified atom stereocenters. The van der Waals surface area contributed by atoms with Gasteiger partial charge in [0.1, 0.15) is 0 Å². The van der Waals surface area contributed by atoms with Crippen LogP contribution in [0.2, 0.25) is 0 Å². The number of hydrogen-bond acceptors (Lipinski definition) is 3. The maximum Gasteiger partial charge on any atom is 0.165 e. The van der Waals surface area contributed by atoms with Crippen molar-refractivity contribution < 1.29 is 9.47 Å². The number of para-hydroxylation sites is 1. The van der Waals surface area contributed by atoms with Gasteiger partial charge in [-0.1, -0.05) is 42.5 Å². The van der Waals surface area contributed by atoms with Gasteiger partial charge in [-0.15, -0.1) is 0 Å². The van der Waals surface area contributed by atoms with Gasteiger partial charge in [0, 0.05) is 12.1 Å². The van der Waals surface area contributed by atoms with E-state index < -0.39 is 0 Å². The van der Waals surface area contributed by atoms with Crippen molar-refractivity contribution >= 4 is 0 Å². The number of ether oxygens (including phenoxy) is 2. The van der Waals surface area contributed by atoms with Crippen LogP contribution in [0.3, 0.4) is 0 Å². The maximum absolute atomic E-state index is 5.97. The molecule has 0 bridgehead atoms. The van der Waals surface area contributed by atoms with Gasteiger partial charge in [0.25, 0.3) is 0 Å². The van der Waals surface area contributed by atoms with Crippen LogP contribution in [0, 0.1) is 0 Å². The molecule has 0 saturated carbocycles. The number of nitrogens with one attached hydrogen (secondary N) is 1. The summed E-state index contributed by atoms with van der Waals surface area (Å²) in [5.41, 5.74) is 2.47. The molecule has 3 heteroatoms. The first-order valence-corrected chi connectivity index (χ1v) is 7.32. The average Bonchev–Trinajstić information content (AvgIpc) is 2.53. The van der Waals surface area contributed by atoms with Gasteiger partial charge >= 0.3 is 0 Å². The van der Waals surface area contributed by atoms with Gasteiger partial charge in [0.15, 0.2) is 11.5 Å². The summed E-state index contributed by atoms with van der Waals surface area (Å²) in [5, 5.41) is 3.16. The van der Waals surface area contributed by atoms with Crippen LogP contribution in [-0.4, -0.2) is 20.8 Å². The summed E-state index contributed by atoms with van der Waals surface area (Å²) in [6, 6.07) is 16.5. The van der Waals surface area contributed by atoms with E-state index in [1.165, 1.54) is 5.56 Å². The maximum atomic E-state index is 5.97. The van der Waals surface area contributed by atoms with Crippen molar-refractivity contribution in [2.45, 2.75) is 19.4 Å². The average molecular weight is 285 g/mol. The van der Waals surface area contributed by atoms with Crippen molar-refractivity contribution in [3.8, 4) is 11.5 Å². The van der Waals surface area contributed by atoms with Crippen LogP contribution < -0.4 is 14.8 Å². The molecule has 0 radical (unpaired) electrons. The van der Waals surface area contributed by atoms with E-state index in [0.29, 0.717) is 6.61 Å². The largest absolute Gasteiger partial charge is 0.493 e. The minimum atomic E-state index is 0.686. The van der Waals surface area contributed by atoms with Crippen LogP contribution in [0.1, 0.15) is 17.5 Å². The Hall–Kier alpha value is -2.00. The van der Waals surface area contributed by atoms with Crippen LogP contribution in [0.15, 0.2) is 48.5 Å². The van der Waals surface area contributed by atoms with Crippen LogP contribution >= 0.6 is 0 Å². The monoisotopic (exact) mass is 285 g/mol. The van der Waals surface area contributed by atoms with Crippen molar-refractivity contribution in [2.75, 3.05) is 20.8 Å². The van der Waals surface area contributed by atoms with Crippen molar-refractivity contribution in [3.05, 3.63) is 59.7 Å². The molecule has 2 aromatic rings. The van der Waals surface area contributed by atoms with E-state index in [1.54, 1.807) is 7.11 Å². The molecule has 1 N–H and O–H groups in total. The van der Waals surface area contributed by atoms with E-state index in [9.17, 15) is 0 Å². The zero-order valence-electron chi connectivity index (χ0n) is 12.8. The highest BCUT2D eigenvalue weighted by atomic mass is 16.5. The molecular weight excluding hydrogens is 262 g/mol. The summed E-state index contributed by atoms with van der Waals surface area (Å²) < 4.78 is 11.4. The third kappa shape index (κ3) is 4.50. The number of aryl methyl sites for hydroxylation is 1. The number of rotatable bonds is 8. The molecule has 0 atom stereocenters. The molecule has 0 aliphatic rings. The van der Waals surface area contributed by atoms with E-state index in [1.807, 2.05) is 25.2 Å². The van der Waals surface area contributed by atoms with Gasteiger partial charge in [-0.25, -0.2) is 0 Å². The Kier molecular flexibility index (Phi) is 6.10. The molecule has 0 amide bonds. The predicted octanol–water partition coefficient (Wildman–Crippen LogP) is 3.43. The van der Waals surface area contributed by atoms with Gasteiger partial charge in [-0.3, -0.25) is 0 Å². The van der Waals surface area contributed by atoms with Crippen molar-refractivity contribution in [1.29, 1.82) is 0 Å². The standard InChI is InChI=1S/C18H23NO2/c1-19-14-16-11-6-12-17(20-2)18(16)21-13-7-10-15-8-4-3-5-9-15/h3-6,8-9,11-12,19H,7,10,13-14H2,1-2H3. The minimum Gasteiger partial charge on any atom is -0.493 e. The fourth-order valence-electron chi connectivity index (χ4n) is 2.31. The lowest BCUT2D eigenvalue weighted by Crippen LogP contribution is -2.09. The van der Waals surface area contributed by atoms with E-state index in [-0.39, 0.29) is 0 Å². The first kappa shape index (κ1) is 15.4. The molecule has 112 valence electrons. The third-order valence-electron chi connectivity index (χ3n) is 3.35. The third-order valence-corrected chi connectivity index (χ3v) is 3.35. The Morgan fingerprint density at radius 2 is 1.81 bits per heavy atom. The molecule has 0 heterocycles. The fourth-order valence-corrected chi connectivity index (χ4v) is 2.31. The molecule has 3 nitrogen and oxygen atoms in total. The van der Waals surface area contributed by atoms with Gasteiger partial charge < -0.3 is 14.8 Å². The summed E-state index contributed by atoms with van der Waals surface area (Å²) in [6.45, 7) is 1.46. The van der Waals surface area contributed by atoms with Gasteiger partial charge in [-0.05, 0) is 31.5 Å². The van der Waals surface area contributed by atoms with Crippen molar-refractivity contribution in [2.24, 2.45) is 0 Å². The topological polar surface area (TPSA) is 30.5 Å². The molecule has 0 aromatic heterocycles. The summed E-state index contributed by atoms with van der Waals surface area (Å²) in [5.74, 6) is 1.64. The summed E-state index contributed by atoms with van der Waals surface area (Å²) >= 11 is 0. The van der Waals surface area contributed by atoms with Crippen molar-refractivity contribution in [3.63, 3.8) is 0 Å². The Morgan fingerprint density at radius 3 is 2.52 bits per heavy atom. The zero-order chi connectivity index (χ0) is 14.9. The molecule has 21 heavy (non-hydrogen) atoms. The van der Waals surface area contributed by atoms with Gasteiger partial charge in [0.2, 0.25) is 0 Å². The lowest BCUT2D eigenvalue weighted by molar-refractivity contribution is 0.286. The van der Waals surface area contributed by atoms with E-state index in [4.69, 9.17) is 9.47 Å².